The molecule has 0 saturated carbocycles. The molecule has 2 aromatic heterocycles. The molecule has 0 spiro atoms. The second-order valence-electron chi connectivity index (χ2n) is 4.24. The zero-order chi connectivity index (χ0) is 12.5. The number of anilines is 1. The maximum absolute atomic E-state index is 4.55. The van der Waals surface area contributed by atoms with E-state index in [0.717, 1.165) is 41.4 Å². The number of hydrogen-bond acceptors (Lipinski definition) is 5. The highest BCUT2D eigenvalue weighted by Crippen LogP contribution is 2.28. The molecule has 2 aromatic rings. The number of aromatic nitrogens is 3. The molecule has 0 amide bonds. The monoisotopic (exact) mass is 324 g/mol. The van der Waals surface area contributed by atoms with Crippen molar-refractivity contribution in [3.8, 4) is 0 Å². The average molecular weight is 325 g/mol. The Bertz CT molecular complexity index is 569. The van der Waals surface area contributed by atoms with Crippen LogP contribution < -0.4 is 4.90 Å². The van der Waals surface area contributed by atoms with Crippen LogP contribution in [0, 0.1) is 0 Å². The number of rotatable bonds is 2. The molecule has 1 aliphatic rings. The summed E-state index contributed by atoms with van der Waals surface area (Å²) in [6.07, 6.45) is 3.72. The molecule has 0 radical (unpaired) electrons. The molecule has 0 atom stereocenters. The average Bonchev–Trinajstić information content (AvgIpc) is 2.88. The van der Waals surface area contributed by atoms with Gasteiger partial charge in [0.25, 0.3) is 0 Å². The van der Waals surface area contributed by atoms with Gasteiger partial charge < -0.3 is 4.90 Å². The molecule has 0 fully saturated rings. The fourth-order valence-corrected chi connectivity index (χ4v) is 3.33. The predicted octanol–water partition coefficient (Wildman–Crippen LogP) is 2.82. The maximum Gasteiger partial charge on any atom is 0.205 e. The van der Waals surface area contributed by atoms with Crippen molar-refractivity contribution in [3.05, 3.63) is 33.8 Å². The van der Waals surface area contributed by atoms with Gasteiger partial charge in [-0.1, -0.05) is 22.9 Å². The van der Waals surface area contributed by atoms with E-state index in [1.54, 1.807) is 0 Å². The normalized spacial score (nSPS) is 14.7. The van der Waals surface area contributed by atoms with Crippen molar-refractivity contribution in [1.82, 2.24) is 14.3 Å². The van der Waals surface area contributed by atoms with Crippen molar-refractivity contribution in [1.29, 1.82) is 0 Å². The van der Waals surface area contributed by atoms with Gasteiger partial charge in [0.15, 0.2) is 0 Å². The Labute approximate surface area is 118 Å². The SMILES string of the molecule is CCc1nsc(N2CCc3nccc(Br)c3C2)n1. The Morgan fingerprint density at radius 3 is 3.17 bits per heavy atom. The first-order chi connectivity index (χ1) is 8.78. The number of halogens is 1. The second kappa shape index (κ2) is 4.93. The summed E-state index contributed by atoms with van der Waals surface area (Å²) in [5.74, 6) is 0.936. The van der Waals surface area contributed by atoms with E-state index in [-0.39, 0.29) is 0 Å². The number of hydrogen-bond donors (Lipinski definition) is 0. The van der Waals surface area contributed by atoms with Crippen molar-refractivity contribution >= 4 is 32.6 Å². The number of fused-ring (bicyclic) bond motifs is 1. The topological polar surface area (TPSA) is 41.9 Å². The van der Waals surface area contributed by atoms with Crippen LogP contribution in [0.3, 0.4) is 0 Å². The summed E-state index contributed by atoms with van der Waals surface area (Å²) in [5.41, 5.74) is 2.47. The molecule has 3 rings (SSSR count). The zero-order valence-corrected chi connectivity index (χ0v) is 12.5. The van der Waals surface area contributed by atoms with Crippen LogP contribution in [0.1, 0.15) is 24.0 Å². The molecule has 0 aromatic carbocycles. The minimum absolute atomic E-state index is 0.863. The summed E-state index contributed by atoms with van der Waals surface area (Å²) in [4.78, 5) is 11.3. The van der Waals surface area contributed by atoms with Crippen LogP contribution in [0.15, 0.2) is 16.7 Å². The summed E-state index contributed by atoms with van der Waals surface area (Å²) < 4.78 is 5.49. The fourth-order valence-electron chi connectivity index (χ4n) is 2.08. The van der Waals surface area contributed by atoms with Gasteiger partial charge in [-0.05, 0) is 6.07 Å². The first-order valence-corrected chi connectivity index (χ1v) is 7.54. The number of nitrogens with zero attached hydrogens (tertiary/aromatic N) is 4. The van der Waals surface area contributed by atoms with Gasteiger partial charge in [-0.15, -0.1) is 0 Å². The van der Waals surface area contributed by atoms with Gasteiger partial charge in [0.1, 0.15) is 5.82 Å². The molecule has 0 saturated heterocycles. The smallest absolute Gasteiger partial charge is 0.205 e. The van der Waals surface area contributed by atoms with E-state index in [4.69, 9.17) is 0 Å². The lowest BCUT2D eigenvalue weighted by atomic mass is 10.1. The molecule has 0 N–H and O–H groups in total. The van der Waals surface area contributed by atoms with E-state index in [9.17, 15) is 0 Å². The molecule has 0 aliphatic carbocycles. The van der Waals surface area contributed by atoms with Crippen molar-refractivity contribution in [3.63, 3.8) is 0 Å². The van der Waals surface area contributed by atoms with Crippen LogP contribution in [0.2, 0.25) is 0 Å². The molecule has 94 valence electrons. The maximum atomic E-state index is 4.55. The van der Waals surface area contributed by atoms with Gasteiger partial charge in [0.2, 0.25) is 5.13 Å². The molecular formula is C12H13BrN4S. The lowest BCUT2D eigenvalue weighted by molar-refractivity contribution is 0.705. The molecule has 18 heavy (non-hydrogen) atoms. The third-order valence-corrected chi connectivity index (χ3v) is 4.66. The van der Waals surface area contributed by atoms with Crippen LogP contribution in [-0.2, 0) is 19.4 Å². The van der Waals surface area contributed by atoms with E-state index < -0.39 is 0 Å². The standard InChI is InChI=1S/C12H13BrN4S/c1-2-11-15-12(18-16-11)17-6-4-10-8(7-17)9(13)3-5-14-10/h3,5H,2,4,6-7H2,1H3. The van der Waals surface area contributed by atoms with Crippen LogP contribution in [-0.4, -0.2) is 20.9 Å². The largest absolute Gasteiger partial charge is 0.342 e. The van der Waals surface area contributed by atoms with Crippen LogP contribution in [0.5, 0.6) is 0 Å². The molecule has 0 unspecified atom stereocenters. The van der Waals surface area contributed by atoms with Gasteiger partial charge in [0.05, 0.1) is 0 Å². The Balaban J connectivity index is 1.88. The highest BCUT2D eigenvalue weighted by atomic mass is 79.9. The van der Waals surface area contributed by atoms with Crippen molar-refractivity contribution in [2.75, 3.05) is 11.4 Å². The summed E-state index contributed by atoms with van der Waals surface area (Å²) in [6, 6.07) is 2.00. The first kappa shape index (κ1) is 12.0. The van der Waals surface area contributed by atoms with Crippen LogP contribution in [0.4, 0.5) is 5.13 Å². The van der Waals surface area contributed by atoms with Gasteiger partial charge >= 0.3 is 0 Å². The highest BCUT2D eigenvalue weighted by molar-refractivity contribution is 9.10. The Morgan fingerprint density at radius 1 is 1.50 bits per heavy atom. The van der Waals surface area contributed by atoms with Crippen molar-refractivity contribution in [2.45, 2.75) is 26.3 Å². The highest BCUT2D eigenvalue weighted by Gasteiger charge is 2.21. The van der Waals surface area contributed by atoms with Gasteiger partial charge in [0, 0.05) is 59.4 Å². The second-order valence-corrected chi connectivity index (χ2v) is 5.82. The van der Waals surface area contributed by atoms with E-state index in [1.165, 1.54) is 22.8 Å². The van der Waals surface area contributed by atoms with Gasteiger partial charge in [-0.3, -0.25) is 4.98 Å². The van der Waals surface area contributed by atoms with E-state index in [1.807, 2.05) is 12.3 Å². The number of aryl methyl sites for hydroxylation is 1. The number of pyridine rings is 1. The third-order valence-electron chi connectivity index (χ3n) is 3.10. The molecule has 6 heteroatoms. The van der Waals surface area contributed by atoms with E-state index in [2.05, 4.69) is 42.1 Å². The first-order valence-electron chi connectivity index (χ1n) is 5.97. The van der Waals surface area contributed by atoms with Crippen LogP contribution in [0.25, 0.3) is 0 Å². The van der Waals surface area contributed by atoms with E-state index in [0.29, 0.717) is 0 Å². The quantitative estimate of drug-likeness (QED) is 0.851. The van der Waals surface area contributed by atoms with Gasteiger partial charge in [-0.25, -0.2) is 4.98 Å². The molecular weight excluding hydrogens is 312 g/mol. The van der Waals surface area contributed by atoms with Crippen LogP contribution >= 0.6 is 27.5 Å². The Kier molecular flexibility index (Phi) is 3.30. The molecule has 3 heterocycles. The zero-order valence-electron chi connectivity index (χ0n) is 10.1. The van der Waals surface area contributed by atoms with Crippen molar-refractivity contribution in [2.24, 2.45) is 0 Å². The lowest BCUT2D eigenvalue weighted by Crippen LogP contribution is -2.31. The molecule has 1 aliphatic heterocycles. The third kappa shape index (κ3) is 2.14. The fraction of sp³-hybridized carbons (Fsp3) is 0.417. The molecule has 0 bridgehead atoms. The minimum atomic E-state index is 0.863. The Hall–Kier alpha value is -1.01. The summed E-state index contributed by atoms with van der Waals surface area (Å²) in [6.45, 7) is 3.91. The predicted molar refractivity (Wildman–Crippen MR) is 76.0 cm³/mol. The molecule has 4 nitrogen and oxygen atoms in total. The summed E-state index contributed by atoms with van der Waals surface area (Å²) in [7, 11) is 0. The minimum Gasteiger partial charge on any atom is -0.342 e. The summed E-state index contributed by atoms with van der Waals surface area (Å²) >= 11 is 5.09. The summed E-state index contributed by atoms with van der Waals surface area (Å²) in [5, 5.41) is 1.02. The Morgan fingerprint density at radius 2 is 2.39 bits per heavy atom. The van der Waals surface area contributed by atoms with Crippen molar-refractivity contribution < 1.29 is 0 Å². The van der Waals surface area contributed by atoms with Gasteiger partial charge in [-0.2, -0.15) is 4.37 Å². The lowest BCUT2D eigenvalue weighted by Gasteiger charge is -2.28. The van der Waals surface area contributed by atoms with E-state index >= 15 is 0 Å².